The molecule has 0 aliphatic heterocycles. The van der Waals surface area contributed by atoms with Crippen molar-refractivity contribution in [2.75, 3.05) is 26.6 Å². The quantitative estimate of drug-likeness (QED) is 0.620. The smallest absolute Gasteiger partial charge is 0.322 e. The largest absolute Gasteiger partial charge is 0.493 e. The average Bonchev–Trinajstić information content (AvgIpc) is 3.37. The van der Waals surface area contributed by atoms with Gasteiger partial charge in [-0.05, 0) is 29.7 Å². The van der Waals surface area contributed by atoms with Crippen LogP contribution in [0.3, 0.4) is 0 Å². The number of carbonyl (C=O) groups excluding carboxylic acids is 1. The van der Waals surface area contributed by atoms with Gasteiger partial charge in [0.1, 0.15) is 0 Å². The highest BCUT2D eigenvalue weighted by atomic mass is 32.1. The van der Waals surface area contributed by atoms with E-state index in [-0.39, 0.29) is 17.8 Å². The van der Waals surface area contributed by atoms with Crippen molar-refractivity contribution in [2.45, 2.75) is 0 Å². The van der Waals surface area contributed by atoms with Crippen LogP contribution in [0.1, 0.15) is 4.88 Å². The lowest BCUT2D eigenvalue weighted by Gasteiger charge is -2.12. The maximum atomic E-state index is 12.0. The van der Waals surface area contributed by atoms with Crippen LogP contribution >= 0.6 is 11.3 Å². The number of benzene rings is 1. The molecule has 0 saturated heterocycles. The number of nitrogens with zero attached hydrogens (tertiary/aromatic N) is 2. The third-order valence-electron chi connectivity index (χ3n) is 3.51. The number of nitrogens with one attached hydrogen (secondary N) is 1. The van der Waals surface area contributed by atoms with Crippen LogP contribution in [0.5, 0.6) is 17.2 Å². The molecule has 3 aromatic rings. The number of rotatable bonds is 7. The zero-order chi connectivity index (χ0) is 19.2. The summed E-state index contributed by atoms with van der Waals surface area (Å²) in [6.45, 7) is 0. The Morgan fingerprint density at radius 2 is 1.89 bits per heavy atom. The van der Waals surface area contributed by atoms with Crippen LogP contribution in [0.4, 0.5) is 6.01 Å². The lowest BCUT2D eigenvalue weighted by atomic mass is 10.2. The molecule has 3 rings (SSSR count). The van der Waals surface area contributed by atoms with Gasteiger partial charge >= 0.3 is 6.01 Å². The second kappa shape index (κ2) is 8.37. The molecule has 0 unspecified atom stereocenters. The Bertz CT molecular complexity index is 925. The molecule has 27 heavy (non-hydrogen) atoms. The fraction of sp³-hybridized carbons (Fsp3) is 0.167. The van der Waals surface area contributed by atoms with E-state index in [1.807, 2.05) is 17.5 Å². The molecule has 2 aromatic heterocycles. The summed E-state index contributed by atoms with van der Waals surface area (Å²) in [4.78, 5) is 12.9. The van der Waals surface area contributed by atoms with Gasteiger partial charge in [0.05, 0.1) is 21.3 Å². The number of thiophene rings is 1. The van der Waals surface area contributed by atoms with Crippen molar-refractivity contribution in [3.05, 3.63) is 40.6 Å². The summed E-state index contributed by atoms with van der Waals surface area (Å²) in [6, 6.07) is 7.15. The van der Waals surface area contributed by atoms with Crippen LogP contribution in [0.25, 0.3) is 17.5 Å². The molecule has 1 amide bonds. The van der Waals surface area contributed by atoms with Gasteiger partial charge in [-0.25, -0.2) is 0 Å². The van der Waals surface area contributed by atoms with Gasteiger partial charge in [0, 0.05) is 16.5 Å². The van der Waals surface area contributed by atoms with E-state index in [2.05, 4.69) is 15.5 Å². The summed E-state index contributed by atoms with van der Waals surface area (Å²) >= 11 is 1.53. The lowest BCUT2D eigenvalue weighted by molar-refractivity contribution is -0.112. The number of aromatic nitrogens is 2. The van der Waals surface area contributed by atoms with Crippen molar-refractivity contribution in [3.8, 4) is 28.7 Å². The third kappa shape index (κ3) is 4.26. The first-order valence-electron chi connectivity index (χ1n) is 7.81. The highest BCUT2D eigenvalue weighted by Gasteiger charge is 2.17. The molecule has 0 bridgehead atoms. The van der Waals surface area contributed by atoms with Crippen molar-refractivity contribution < 1.29 is 23.4 Å². The van der Waals surface area contributed by atoms with Crippen LogP contribution in [0.15, 0.2) is 40.1 Å². The Balaban J connectivity index is 1.78. The van der Waals surface area contributed by atoms with Gasteiger partial charge in [0.25, 0.3) is 5.91 Å². The lowest BCUT2D eigenvalue weighted by Crippen LogP contribution is -2.07. The highest BCUT2D eigenvalue weighted by molar-refractivity contribution is 7.10. The highest BCUT2D eigenvalue weighted by Crippen LogP contribution is 2.41. The number of ether oxygens (including phenoxy) is 3. The molecule has 0 aliphatic carbocycles. The van der Waals surface area contributed by atoms with Gasteiger partial charge < -0.3 is 18.6 Å². The van der Waals surface area contributed by atoms with Gasteiger partial charge in [0.15, 0.2) is 11.5 Å². The van der Waals surface area contributed by atoms with E-state index < -0.39 is 0 Å². The predicted octanol–water partition coefficient (Wildman–Crippen LogP) is 3.48. The minimum atomic E-state index is -0.372. The van der Waals surface area contributed by atoms with Crippen LogP contribution < -0.4 is 19.5 Å². The number of hydrogen-bond acceptors (Lipinski definition) is 8. The maximum absolute atomic E-state index is 12.0. The third-order valence-corrected chi connectivity index (χ3v) is 4.35. The van der Waals surface area contributed by atoms with Gasteiger partial charge in [-0.1, -0.05) is 11.2 Å². The number of amides is 1. The molecule has 0 fully saturated rings. The van der Waals surface area contributed by atoms with Gasteiger partial charge in [-0.15, -0.1) is 16.4 Å². The summed E-state index contributed by atoms with van der Waals surface area (Å²) in [5.74, 6) is 1.19. The molecule has 0 spiro atoms. The van der Waals surface area contributed by atoms with Crippen molar-refractivity contribution in [1.82, 2.24) is 10.2 Å². The second-order valence-corrected chi connectivity index (χ2v) is 6.14. The Kier molecular flexibility index (Phi) is 5.72. The van der Waals surface area contributed by atoms with E-state index >= 15 is 0 Å². The monoisotopic (exact) mass is 387 g/mol. The molecule has 1 aromatic carbocycles. The average molecular weight is 387 g/mol. The number of hydrogen-bond donors (Lipinski definition) is 1. The van der Waals surface area contributed by atoms with E-state index in [0.717, 1.165) is 4.88 Å². The van der Waals surface area contributed by atoms with Crippen LogP contribution in [-0.2, 0) is 4.79 Å². The summed E-state index contributed by atoms with van der Waals surface area (Å²) in [7, 11) is 4.55. The van der Waals surface area contributed by atoms with E-state index in [1.54, 1.807) is 18.2 Å². The van der Waals surface area contributed by atoms with E-state index in [1.165, 1.54) is 38.7 Å². The summed E-state index contributed by atoms with van der Waals surface area (Å²) < 4.78 is 21.4. The Morgan fingerprint density at radius 1 is 1.15 bits per heavy atom. The molecule has 140 valence electrons. The standard InChI is InChI=1S/C18H17N3O5S/c1-23-13-9-11(10-14(24-2)16(13)25-3)17-20-21-18(26-17)19-15(22)7-6-12-5-4-8-27-12/h4-10H,1-3H3,(H,19,21,22)/b7-6+. The molecule has 0 aliphatic rings. The zero-order valence-electron chi connectivity index (χ0n) is 14.9. The zero-order valence-corrected chi connectivity index (χ0v) is 15.7. The van der Waals surface area contributed by atoms with Gasteiger partial charge in [-0.2, -0.15) is 0 Å². The Hall–Kier alpha value is -3.33. The van der Waals surface area contributed by atoms with Crippen LogP contribution in [-0.4, -0.2) is 37.4 Å². The SMILES string of the molecule is COc1cc(-c2nnc(NC(=O)/C=C/c3cccs3)o2)cc(OC)c1OC. The molecule has 1 N–H and O–H groups in total. The molecule has 0 saturated carbocycles. The maximum Gasteiger partial charge on any atom is 0.322 e. The molecule has 0 radical (unpaired) electrons. The van der Waals surface area contributed by atoms with Crippen molar-refractivity contribution in [3.63, 3.8) is 0 Å². The van der Waals surface area contributed by atoms with Gasteiger partial charge in [0.2, 0.25) is 11.6 Å². The molecule has 8 nitrogen and oxygen atoms in total. The fourth-order valence-electron chi connectivity index (χ4n) is 2.29. The molecule has 2 heterocycles. The Morgan fingerprint density at radius 3 is 2.48 bits per heavy atom. The van der Waals surface area contributed by atoms with E-state index in [9.17, 15) is 4.79 Å². The first-order chi connectivity index (χ1) is 13.1. The summed E-state index contributed by atoms with van der Waals surface area (Å²) in [5, 5.41) is 12.2. The van der Waals surface area contributed by atoms with Crippen molar-refractivity contribution in [1.29, 1.82) is 0 Å². The summed E-state index contributed by atoms with van der Waals surface area (Å²) in [6.07, 6.45) is 3.10. The van der Waals surface area contributed by atoms with Crippen molar-refractivity contribution >= 4 is 29.3 Å². The Labute approximate surface area is 159 Å². The normalized spacial score (nSPS) is 10.8. The summed E-state index contributed by atoms with van der Waals surface area (Å²) in [5.41, 5.74) is 0.562. The van der Waals surface area contributed by atoms with Crippen LogP contribution in [0.2, 0.25) is 0 Å². The number of methoxy groups -OCH3 is 3. The minimum absolute atomic E-state index is 0.0143. The molecule has 9 heteroatoms. The fourth-order valence-corrected chi connectivity index (χ4v) is 2.90. The number of anilines is 1. The number of carbonyl (C=O) groups is 1. The van der Waals surface area contributed by atoms with Crippen LogP contribution in [0, 0.1) is 0 Å². The van der Waals surface area contributed by atoms with E-state index in [4.69, 9.17) is 18.6 Å². The topological polar surface area (TPSA) is 95.7 Å². The second-order valence-electron chi connectivity index (χ2n) is 5.16. The minimum Gasteiger partial charge on any atom is -0.493 e. The molecule has 0 atom stereocenters. The van der Waals surface area contributed by atoms with E-state index in [0.29, 0.717) is 22.8 Å². The van der Waals surface area contributed by atoms with Gasteiger partial charge in [-0.3, -0.25) is 10.1 Å². The molecular weight excluding hydrogens is 370 g/mol. The molecular formula is C18H17N3O5S. The first kappa shape index (κ1) is 18.5. The van der Waals surface area contributed by atoms with Crippen molar-refractivity contribution in [2.24, 2.45) is 0 Å². The predicted molar refractivity (Wildman–Crippen MR) is 101 cm³/mol. The first-order valence-corrected chi connectivity index (χ1v) is 8.69.